The summed E-state index contributed by atoms with van der Waals surface area (Å²) < 4.78 is 0. The molecule has 1 aliphatic rings. The topological polar surface area (TPSA) is 58.4 Å². The zero-order valence-corrected chi connectivity index (χ0v) is 17.3. The van der Waals surface area contributed by atoms with Gasteiger partial charge in [0.25, 0.3) is 0 Å². The van der Waals surface area contributed by atoms with Gasteiger partial charge in [-0.1, -0.05) is 42.5 Å². The summed E-state index contributed by atoms with van der Waals surface area (Å²) in [6.07, 6.45) is 2.42. The zero-order valence-electron chi connectivity index (χ0n) is 15.6. The number of halogens is 2. The van der Waals surface area contributed by atoms with E-state index in [0.717, 1.165) is 37.2 Å². The molecule has 2 aromatic rings. The van der Waals surface area contributed by atoms with Crippen LogP contribution in [-0.4, -0.2) is 29.4 Å². The number of nitrogen functional groups attached to an aromatic ring is 1. The van der Waals surface area contributed by atoms with Crippen molar-refractivity contribution in [2.24, 2.45) is 0 Å². The molecule has 1 fully saturated rings. The Balaban J connectivity index is 0.00000182. The van der Waals surface area contributed by atoms with Gasteiger partial charge >= 0.3 is 0 Å². The molecule has 2 atom stereocenters. The number of rotatable bonds is 5. The fraction of sp³-hybridized carbons (Fsp3) is 0.381. The Labute approximate surface area is 174 Å². The lowest BCUT2D eigenvalue weighted by atomic mass is 9.97. The van der Waals surface area contributed by atoms with Crippen LogP contribution < -0.4 is 11.1 Å². The first kappa shape index (κ1) is 23.3. The number of nitrogens with zero attached hydrogens (tertiary/aromatic N) is 1. The second-order valence-corrected chi connectivity index (χ2v) is 7.01. The van der Waals surface area contributed by atoms with Crippen LogP contribution in [0.3, 0.4) is 0 Å². The number of piperidine rings is 1. The van der Waals surface area contributed by atoms with E-state index in [1.165, 1.54) is 5.56 Å². The molecule has 0 radical (unpaired) electrons. The van der Waals surface area contributed by atoms with Crippen LogP contribution in [0.5, 0.6) is 0 Å². The number of amides is 1. The predicted molar refractivity (Wildman–Crippen MR) is 117 cm³/mol. The molecule has 0 aromatic heterocycles. The SMILES string of the molecule is CC1CC(NC(=O)Cc2ccc(N)cc2)CCN1Cc1ccccc1.Cl.Cl. The molecule has 148 valence electrons. The Morgan fingerprint density at radius 1 is 1.07 bits per heavy atom. The molecule has 3 N–H and O–H groups in total. The van der Waals surface area contributed by atoms with E-state index in [1.807, 2.05) is 24.3 Å². The molecule has 0 spiro atoms. The Morgan fingerprint density at radius 3 is 2.37 bits per heavy atom. The third-order valence-corrected chi connectivity index (χ3v) is 4.95. The van der Waals surface area contributed by atoms with Crippen molar-refractivity contribution in [3.8, 4) is 0 Å². The van der Waals surface area contributed by atoms with Crippen LogP contribution in [0.25, 0.3) is 0 Å². The number of nitrogens with one attached hydrogen (secondary N) is 1. The first-order valence-corrected chi connectivity index (χ1v) is 9.02. The van der Waals surface area contributed by atoms with E-state index in [4.69, 9.17) is 5.73 Å². The molecule has 0 saturated carbocycles. The minimum absolute atomic E-state index is 0. The van der Waals surface area contributed by atoms with Crippen molar-refractivity contribution < 1.29 is 4.79 Å². The van der Waals surface area contributed by atoms with Crippen LogP contribution in [0.15, 0.2) is 54.6 Å². The van der Waals surface area contributed by atoms with E-state index in [-0.39, 0.29) is 36.8 Å². The van der Waals surface area contributed by atoms with E-state index in [0.29, 0.717) is 12.5 Å². The standard InChI is InChI=1S/C21H27N3O.2ClH/c1-16-13-20(11-12-24(16)15-18-5-3-2-4-6-18)23-21(25)14-17-7-9-19(22)10-8-17;;/h2-10,16,20H,11-15,22H2,1H3,(H,23,25);2*1H. The average Bonchev–Trinajstić information content (AvgIpc) is 2.60. The van der Waals surface area contributed by atoms with Crippen LogP contribution >= 0.6 is 24.8 Å². The van der Waals surface area contributed by atoms with Crippen LogP contribution in [0.2, 0.25) is 0 Å². The molecular weight excluding hydrogens is 381 g/mol. The van der Waals surface area contributed by atoms with Gasteiger partial charge in [0.2, 0.25) is 5.91 Å². The van der Waals surface area contributed by atoms with Gasteiger partial charge in [-0.25, -0.2) is 0 Å². The smallest absolute Gasteiger partial charge is 0.224 e. The highest BCUT2D eigenvalue weighted by molar-refractivity contribution is 5.85. The van der Waals surface area contributed by atoms with Crippen molar-refractivity contribution in [3.63, 3.8) is 0 Å². The lowest BCUT2D eigenvalue weighted by Gasteiger charge is -2.38. The van der Waals surface area contributed by atoms with Crippen LogP contribution in [0, 0.1) is 0 Å². The molecule has 3 rings (SSSR count). The zero-order chi connectivity index (χ0) is 17.6. The lowest BCUT2D eigenvalue weighted by molar-refractivity contribution is -0.121. The van der Waals surface area contributed by atoms with E-state index in [1.54, 1.807) is 0 Å². The lowest BCUT2D eigenvalue weighted by Crippen LogP contribution is -2.48. The van der Waals surface area contributed by atoms with Gasteiger partial charge in [-0.15, -0.1) is 24.8 Å². The largest absolute Gasteiger partial charge is 0.399 e. The highest BCUT2D eigenvalue weighted by atomic mass is 35.5. The van der Waals surface area contributed by atoms with Crippen molar-refractivity contribution in [2.75, 3.05) is 12.3 Å². The normalized spacial score (nSPS) is 19.4. The third kappa shape index (κ3) is 7.06. The number of benzene rings is 2. The molecular formula is C21H29Cl2N3O. The van der Waals surface area contributed by atoms with Crippen LogP contribution in [-0.2, 0) is 17.8 Å². The quantitative estimate of drug-likeness (QED) is 0.737. The Bertz CT molecular complexity index is 694. The van der Waals surface area contributed by atoms with E-state index in [9.17, 15) is 4.79 Å². The summed E-state index contributed by atoms with van der Waals surface area (Å²) in [4.78, 5) is 14.8. The van der Waals surface area contributed by atoms with E-state index >= 15 is 0 Å². The number of carbonyl (C=O) groups excluding carboxylic acids is 1. The summed E-state index contributed by atoms with van der Waals surface area (Å²) in [5.74, 6) is 0.0958. The summed E-state index contributed by atoms with van der Waals surface area (Å²) in [6, 6.07) is 18.8. The Morgan fingerprint density at radius 2 is 1.74 bits per heavy atom. The van der Waals surface area contributed by atoms with Crippen molar-refractivity contribution in [1.29, 1.82) is 0 Å². The number of anilines is 1. The first-order chi connectivity index (χ1) is 12.1. The minimum atomic E-state index is 0. The van der Waals surface area contributed by atoms with Gasteiger partial charge in [-0.05, 0) is 43.0 Å². The molecule has 6 heteroatoms. The second kappa shape index (κ2) is 11.2. The number of hydrogen-bond acceptors (Lipinski definition) is 3. The number of carbonyl (C=O) groups is 1. The summed E-state index contributed by atoms with van der Waals surface area (Å²) in [6.45, 7) is 4.25. The van der Waals surface area contributed by atoms with Gasteiger partial charge in [0.1, 0.15) is 0 Å². The Kier molecular flexibility index (Phi) is 9.64. The van der Waals surface area contributed by atoms with Gasteiger partial charge in [0.15, 0.2) is 0 Å². The molecule has 1 aliphatic heterocycles. The maximum absolute atomic E-state index is 12.3. The van der Waals surface area contributed by atoms with Crippen molar-refractivity contribution in [2.45, 2.75) is 44.8 Å². The van der Waals surface area contributed by atoms with Gasteiger partial charge in [-0.2, -0.15) is 0 Å². The summed E-state index contributed by atoms with van der Waals surface area (Å²) in [7, 11) is 0. The molecule has 2 unspecified atom stereocenters. The molecule has 0 aliphatic carbocycles. The molecule has 1 amide bonds. The van der Waals surface area contributed by atoms with Gasteiger partial charge < -0.3 is 11.1 Å². The summed E-state index contributed by atoms with van der Waals surface area (Å²) >= 11 is 0. The highest BCUT2D eigenvalue weighted by Crippen LogP contribution is 2.20. The number of likely N-dealkylation sites (tertiary alicyclic amines) is 1. The highest BCUT2D eigenvalue weighted by Gasteiger charge is 2.26. The fourth-order valence-electron chi connectivity index (χ4n) is 3.50. The molecule has 1 heterocycles. The van der Waals surface area contributed by atoms with Gasteiger partial charge in [0, 0.05) is 30.9 Å². The molecule has 4 nitrogen and oxygen atoms in total. The molecule has 1 saturated heterocycles. The average molecular weight is 410 g/mol. The predicted octanol–water partition coefficient (Wildman–Crippen LogP) is 3.82. The van der Waals surface area contributed by atoms with Crippen molar-refractivity contribution in [3.05, 3.63) is 65.7 Å². The molecule has 27 heavy (non-hydrogen) atoms. The summed E-state index contributed by atoms with van der Waals surface area (Å²) in [5.41, 5.74) is 8.76. The number of nitrogens with two attached hydrogens (primary N) is 1. The number of hydrogen-bond donors (Lipinski definition) is 2. The monoisotopic (exact) mass is 409 g/mol. The second-order valence-electron chi connectivity index (χ2n) is 7.01. The van der Waals surface area contributed by atoms with Gasteiger partial charge in [-0.3, -0.25) is 9.69 Å². The van der Waals surface area contributed by atoms with Crippen molar-refractivity contribution in [1.82, 2.24) is 10.2 Å². The minimum Gasteiger partial charge on any atom is -0.399 e. The maximum Gasteiger partial charge on any atom is 0.224 e. The molecule has 0 bridgehead atoms. The summed E-state index contributed by atoms with van der Waals surface area (Å²) in [5, 5.41) is 3.20. The molecule has 2 aromatic carbocycles. The van der Waals surface area contributed by atoms with E-state index in [2.05, 4.69) is 47.5 Å². The van der Waals surface area contributed by atoms with Crippen LogP contribution in [0.4, 0.5) is 5.69 Å². The van der Waals surface area contributed by atoms with Crippen molar-refractivity contribution >= 4 is 36.4 Å². The Hall–Kier alpha value is -1.75. The van der Waals surface area contributed by atoms with E-state index < -0.39 is 0 Å². The maximum atomic E-state index is 12.3. The first-order valence-electron chi connectivity index (χ1n) is 9.02. The third-order valence-electron chi connectivity index (χ3n) is 4.95. The van der Waals surface area contributed by atoms with Crippen LogP contribution in [0.1, 0.15) is 30.9 Å². The fourth-order valence-corrected chi connectivity index (χ4v) is 3.50. The van der Waals surface area contributed by atoms with Gasteiger partial charge in [0.05, 0.1) is 6.42 Å².